The van der Waals surface area contributed by atoms with E-state index in [-0.39, 0.29) is 0 Å². The van der Waals surface area contributed by atoms with Gasteiger partial charge in [-0.2, -0.15) is 0 Å². The fourth-order valence-corrected chi connectivity index (χ4v) is 2.31. The number of anilines is 1. The summed E-state index contributed by atoms with van der Waals surface area (Å²) in [5.41, 5.74) is 4.83. The van der Waals surface area contributed by atoms with Crippen LogP contribution in [0.2, 0.25) is 0 Å². The minimum Gasteiger partial charge on any atom is -0.384 e. The molecule has 0 radical (unpaired) electrons. The van der Waals surface area contributed by atoms with Crippen molar-refractivity contribution in [2.45, 2.75) is 40.0 Å². The van der Waals surface area contributed by atoms with E-state index < -0.39 is 0 Å². The summed E-state index contributed by atoms with van der Waals surface area (Å²) in [6, 6.07) is 8.65. The Labute approximate surface area is 109 Å². The molecule has 0 unspecified atom stereocenters. The van der Waals surface area contributed by atoms with E-state index in [9.17, 15) is 0 Å². The monoisotopic (exact) mass is 242 g/mol. The molecule has 1 N–H and O–H groups in total. The molecular formula is C16H22N2. The molecule has 2 heteroatoms. The van der Waals surface area contributed by atoms with Crippen LogP contribution in [0.5, 0.6) is 0 Å². The maximum atomic E-state index is 4.72. The van der Waals surface area contributed by atoms with Crippen molar-refractivity contribution in [3.63, 3.8) is 0 Å². The second-order valence-electron chi connectivity index (χ2n) is 4.80. The van der Waals surface area contributed by atoms with Crippen molar-refractivity contribution in [3.05, 3.63) is 35.5 Å². The maximum absolute atomic E-state index is 4.72. The Morgan fingerprint density at radius 3 is 2.72 bits per heavy atom. The number of rotatable bonds is 5. The van der Waals surface area contributed by atoms with Gasteiger partial charge in [-0.3, -0.25) is 4.98 Å². The predicted molar refractivity (Wildman–Crippen MR) is 79.3 cm³/mol. The number of nitrogens with one attached hydrogen (secondary N) is 1. The van der Waals surface area contributed by atoms with Crippen LogP contribution in [-0.2, 0) is 6.42 Å². The predicted octanol–water partition coefficient (Wildman–Crippen LogP) is 4.32. The Morgan fingerprint density at radius 1 is 1.17 bits per heavy atom. The van der Waals surface area contributed by atoms with Crippen LogP contribution in [0.3, 0.4) is 0 Å². The van der Waals surface area contributed by atoms with Gasteiger partial charge < -0.3 is 5.32 Å². The van der Waals surface area contributed by atoms with Gasteiger partial charge in [0.15, 0.2) is 0 Å². The van der Waals surface area contributed by atoms with Crippen LogP contribution < -0.4 is 5.32 Å². The third-order valence-electron chi connectivity index (χ3n) is 3.14. The number of hydrogen-bond donors (Lipinski definition) is 1. The van der Waals surface area contributed by atoms with Crippen molar-refractivity contribution >= 4 is 16.6 Å². The van der Waals surface area contributed by atoms with E-state index in [1.807, 2.05) is 0 Å². The largest absolute Gasteiger partial charge is 0.384 e. The van der Waals surface area contributed by atoms with Crippen LogP contribution in [0.15, 0.2) is 24.3 Å². The van der Waals surface area contributed by atoms with E-state index in [0.717, 1.165) is 37.0 Å². The maximum Gasteiger partial charge on any atom is 0.0757 e. The van der Waals surface area contributed by atoms with Gasteiger partial charge in [0, 0.05) is 23.3 Å². The molecular weight excluding hydrogens is 220 g/mol. The normalized spacial score (nSPS) is 10.8. The van der Waals surface area contributed by atoms with Crippen molar-refractivity contribution in [1.29, 1.82) is 0 Å². The third-order valence-corrected chi connectivity index (χ3v) is 3.14. The highest BCUT2D eigenvalue weighted by Crippen LogP contribution is 2.26. The summed E-state index contributed by atoms with van der Waals surface area (Å²) in [6.07, 6.45) is 3.39. The highest BCUT2D eigenvalue weighted by molar-refractivity contribution is 5.93. The Balaban J connectivity index is 2.54. The van der Waals surface area contributed by atoms with Gasteiger partial charge in [-0.1, -0.05) is 38.5 Å². The summed E-state index contributed by atoms with van der Waals surface area (Å²) < 4.78 is 0. The van der Waals surface area contributed by atoms with E-state index in [2.05, 4.69) is 50.4 Å². The zero-order chi connectivity index (χ0) is 13.0. The molecule has 2 nitrogen and oxygen atoms in total. The zero-order valence-electron chi connectivity index (χ0n) is 11.6. The molecule has 0 saturated heterocycles. The Morgan fingerprint density at radius 2 is 2.00 bits per heavy atom. The molecule has 18 heavy (non-hydrogen) atoms. The van der Waals surface area contributed by atoms with E-state index >= 15 is 0 Å². The summed E-state index contributed by atoms with van der Waals surface area (Å²) in [5, 5.41) is 4.76. The number of nitrogens with zero attached hydrogens (tertiary/aromatic N) is 1. The molecule has 0 saturated carbocycles. The summed E-state index contributed by atoms with van der Waals surface area (Å²) in [7, 11) is 0. The van der Waals surface area contributed by atoms with Gasteiger partial charge in [-0.05, 0) is 31.4 Å². The first-order valence-electron chi connectivity index (χ1n) is 6.89. The average Bonchev–Trinajstić information content (AvgIpc) is 2.37. The van der Waals surface area contributed by atoms with Crippen molar-refractivity contribution in [2.75, 3.05) is 11.9 Å². The van der Waals surface area contributed by atoms with E-state index in [0.29, 0.717) is 0 Å². The van der Waals surface area contributed by atoms with Crippen molar-refractivity contribution < 1.29 is 0 Å². The Bertz CT molecular complexity index is 532. The number of aromatic nitrogens is 1. The highest BCUT2D eigenvalue weighted by Gasteiger charge is 2.07. The molecule has 1 heterocycles. The molecule has 2 aromatic rings. The van der Waals surface area contributed by atoms with E-state index in [4.69, 9.17) is 4.98 Å². The second-order valence-corrected chi connectivity index (χ2v) is 4.80. The lowest BCUT2D eigenvalue weighted by Crippen LogP contribution is -2.02. The molecule has 0 bridgehead atoms. The van der Waals surface area contributed by atoms with Crippen molar-refractivity contribution in [3.8, 4) is 0 Å². The van der Waals surface area contributed by atoms with Gasteiger partial charge in [0.1, 0.15) is 0 Å². The van der Waals surface area contributed by atoms with E-state index in [1.54, 1.807) is 0 Å². The van der Waals surface area contributed by atoms with Crippen LogP contribution in [0.1, 0.15) is 37.9 Å². The van der Waals surface area contributed by atoms with Gasteiger partial charge in [-0.25, -0.2) is 0 Å². The first kappa shape index (κ1) is 12.9. The number of hydrogen-bond acceptors (Lipinski definition) is 2. The Kier molecular flexibility index (Phi) is 4.19. The third kappa shape index (κ3) is 2.63. The fourth-order valence-electron chi connectivity index (χ4n) is 2.31. The van der Waals surface area contributed by atoms with Gasteiger partial charge in [0.05, 0.1) is 5.52 Å². The molecule has 0 amide bonds. The minimum absolute atomic E-state index is 1.01. The second kappa shape index (κ2) is 5.85. The van der Waals surface area contributed by atoms with Crippen LogP contribution in [0, 0.1) is 6.92 Å². The summed E-state index contributed by atoms with van der Waals surface area (Å²) >= 11 is 0. The molecule has 0 atom stereocenters. The molecule has 0 spiro atoms. The highest BCUT2D eigenvalue weighted by atomic mass is 14.9. The zero-order valence-corrected chi connectivity index (χ0v) is 11.6. The lowest BCUT2D eigenvalue weighted by atomic mass is 10.0. The number of para-hydroxylation sites is 1. The average molecular weight is 242 g/mol. The summed E-state index contributed by atoms with van der Waals surface area (Å²) in [5.74, 6) is 0. The molecule has 2 rings (SSSR count). The fraction of sp³-hybridized carbons (Fsp3) is 0.438. The van der Waals surface area contributed by atoms with Gasteiger partial charge in [-0.15, -0.1) is 0 Å². The first-order valence-corrected chi connectivity index (χ1v) is 6.89. The lowest BCUT2D eigenvalue weighted by Gasteiger charge is -2.12. The van der Waals surface area contributed by atoms with Gasteiger partial charge in [0.25, 0.3) is 0 Å². The standard InChI is InChI=1S/C16H22N2/c1-4-7-13-8-6-9-14-15(17-10-5-2)11-12(3)18-16(13)14/h6,8-9,11H,4-5,7,10H2,1-3H3,(H,17,18). The van der Waals surface area contributed by atoms with Crippen molar-refractivity contribution in [1.82, 2.24) is 4.98 Å². The molecule has 0 aliphatic carbocycles. The Hall–Kier alpha value is -1.57. The smallest absolute Gasteiger partial charge is 0.0757 e. The minimum atomic E-state index is 1.01. The van der Waals surface area contributed by atoms with Crippen LogP contribution >= 0.6 is 0 Å². The molecule has 1 aromatic carbocycles. The molecule has 96 valence electrons. The van der Waals surface area contributed by atoms with Crippen LogP contribution in [0.25, 0.3) is 10.9 Å². The molecule has 1 aromatic heterocycles. The van der Waals surface area contributed by atoms with Crippen LogP contribution in [0.4, 0.5) is 5.69 Å². The van der Waals surface area contributed by atoms with Gasteiger partial charge in [0.2, 0.25) is 0 Å². The number of aryl methyl sites for hydroxylation is 2. The van der Waals surface area contributed by atoms with Crippen molar-refractivity contribution in [2.24, 2.45) is 0 Å². The summed E-state index contributed by atoms with van der Waals surface area (Å²) in [4.78, 5) is 4.72. The number of pyridine rings is 1. The van der Waals surface area contributed by atoms with Gasteiger partial charge >= 0.3 is 0 Å². The SMILES string of the molecule is CCCNc1cc(C)nc2c(CCC)cccc12. The van der Waals surface area contributed by atoms with E-state index in [1.165, 1.54) is 16.6 Å². The lowest BCUT2D eigenvalue weighted by molar-refractivity contribution is 0.925. The molecule has 0 fully saturated rings. The first-order chi connectivity index (χ1) is 8.76. The number of fused-ring (bicyclic) bond motifs is 1. The topological polar surface area (TPSA) is 24.9 Å². The number of benzene rings is 1. The quantitative estimate of drug-likeness (QED) is 0.844. The molecule has 0 aliphatic heterocycles. The molecule has 0 aliphatic rings. The summed E-state index contributed by atoms with van der Waals surface area (Å²) in [6.45, 7) is 7.48. The van der Waals surface area contributed by atoms with Crippen LogP contribution in [-0.4, -0.2) is 11.5 Å².